The van der Waals surface area contributed by atoms with Crippen molar-refractivity contribution in [3.05, 3.63) is 21.9 Å². The summed E-state index contributed by atoms with van der Waals surface area (Å²) in [5.74, 6) is 6.23. The molecule has 1 saturated heterocycles. The van der Waals surface area contributed by atoms with Crippen LogP contribution in [-0.2, 0) is 6.54 Å². The molecule has 1 N–H and O–H groups in total. The van der Waals surface area contributed by atoms with E-state index in [1.165, 1.54) is 43.6 Å². The van der Waals surface area contributed by atoms with E-state index in [9.17, 15) is 0 Å². The summed E-state index contributed by atoms with van der Waals surface area (Å²) in [5, 5.41) is 10.9. The Balaban J connectivity index is 1.93. The normalized spacial score (nSPS) is 18.2. The summed E-state index contributed by atoms with van der Waals surface area (Å²) in [4.78, 5) is 3.95. The predicted molar refractivity (Wildman–Crippen MR) is 90.4 cm³/mol. The van der Waals surface area contributed by atoms with Crippen molar-refractivity contribution in [3.63, 3.8) is 0 Å². The van der Waals surface area contributed by atoms with E-state index in [0.29, 0.717) is 11.8 Å². The van der Waals surface area contributed by atoms with Crippen molar-refractivity contribution in [2.24, 2.45) is 5.41 Å². The third-order valence-electron chi connectivity index (χ3n) is 4.99. The van der Waals surface area contributed by atoms with E-state index in [4.69, 9.17) is 5.11 Å². The van der Waals surface area contributed by atoms with Gasteiger partial charge in [-0.1, -0.05) is 38.5 Å². The van der Waals surface area contributed by atoms with E-state index in [-0.39, 0.29) is 6.61 Å². The van der Waals surface area contributed by atoms with Gasteiger partial charge >= 0.3 is 0 Å². The van der Waals surface area contributed by atoms with E-state index in [1.54, 1.807) is 11.3 Å². The van der Waals surface area contributed by atoms with Crippen LogP contribution in [0.1, 0.15) is 56.4 Å². The zero-order valence-corrected chi connectivity index (χ0v) is 14.1. The van der Waals surface area contributed by atoms with Crippen molar-refractivity contribution in [1.29, 1.82) is 0 Å². The van der Waals surface area contributed by atoms with Gasteiger partial charge in [-0.15, -0.1) is 11.3 Å². The van der Waals surface area contributed by atoms with Crippen molar-refractivity contribution in [2.75, 3.05) is 19.7 Å². The highest BCUT2D eigenvalue weighted by Crippen LogP contribution is 2.38. The summed E-state index contributed by atoms with van der Waals surface area (Å²) in [6.45, 7) is 8.28. The van der Waals surface area contributed by atoms with Crippen molar-refractivity contribution < 1.29 is 5.11 Å². The van der Waals surface area contributed by atoms with Crippen LogP contribution in [0.4, 0.5) is 0 Å². The zero-order valence-electron chi connectivity index (χ0n) is 13.3. The van der Waals surface area contributed by atoms with Gasteiger partial charge in [0.1, 0.15) is 0 Å². The highest BCUT2D eigenvalue weighted by molar-refractivity contribution is 7.10. The van der Waals surface area contributed by atoms with Crippen LogP contribution < -0.4 is 0 Å². The molecule has 1 aromatic rings. The van der Waals surface area contributed by atoms with Gasteiger partial charge in [0.2, 0.25) is 0 Å². The van der Waals surface area contributed by atoms with Crippen molar-refractivity contribution >= 4 is 11.3 Å². The highest BCUT2D eigenvalue weighted by Gasteiger charge is 2.31. The number of hydrogen-bond acceptors (Lipinski definition) is 3. The topological polar surface area (TPSA) is 23.5 Å². The average molecular weight is 305 g/mol. The fourth-order valence-corrected chi connectivity index (χ4v) is 4.01. The Morgan fingerprint density at radius 3 is 2.62 bits per heavy atom. The molecule has 3 heteroatoms. The van der Waals surface area contributed by atoms with Crippen LogP contribution in [0.2, 0.25) is 0 Å². The second kappa shape index (κ2) is 7.98. The molecule has 116 valence electrons. The van der Waals surface area contributed by atoms with Crippen LogP contribution in [-0.4, -0.2) is 29.7 Å². The SMILES string of the molecule is CCC1(CC)CCN(Cc2sccc2C#CCCO)CC1. The lowest BCUT2D eigenvalue weighted by atomic mass is 9.74. The third-order valence-corrected chi connectivity index (χ3v) is 5.89. The second-order valence-electron chi connectivity index (χ2n) is 6.02. The maximum absolute atomic E-state index is 8.81. The monoisotopic (exact) mass is 305 g/mol. The largest absolute Gasteiger partial charge is 0.395 e. The number of hydrogen-bond donors (Lipinski definition) is 1. The molecule has 21 heavy (non-hydrogen) atoms. The minimum Gasteiger partial charge on any atom is -0.395 e. The van der Waals surface area contributed by atoms with E-state index in [0.717, 1.165) is 12.1 Å². The van der Waals surface area contributed by atoms with Crippen molar-refractivity contribution in [1.82, 2.24) is 4.90 Å². The first-order valence-corrected chi connectivity index (χ1v) is 8.99. The summed E-state index contributed by atoms with van der Waals surface area (Å²) in [6.07, 6.45) is 5.85. The minimum atomic E-state index is 0.148. The van der Waals surface area contributed by atoms with E-state index < -0.39 is 0 Å². The molecule has 1 fully saturated rings. The lowest BCUT2D eigenvalue weighted by Crippen LogP contribution is -2.39. The summed E-state index contributed by atoms with van der Waals surface area (Å²) >= 11 is 1.81. The quantitative estimate of drug-likeness (QED) is 0.834. The highest BCUT2D eigenvalue weighted by atomic mass is 32.1. The van der Waals surface area contributed by atoms with E-state index >= 15 is 0 Å². The summed E-state index contributed by atoms with van der Waals surface area (Å²) in [5.41, 5.74) is 1.74. The first-order chi connectivity index (χ1) is 10.2. The van der Waals surface area contributed by atoms with E-state index in [1.807, 2.05) is 0 Å². The Hall–Kier alpha value is -0.820. The smallest absolute Gasteiger partial charge is 0.0540 e. The summed E-state index contributed by atoms with van der Waals surface area (Å²) < 4.78 is 0. The van der Waals surface area contributed by atoms with Crippen LogP contribution in [0.3, 0.4) is 0 Å². The Morgan fingerprint density at radius 2 is 2.00 bits per heavy atom. The number of likely N-dealkylation sites (tertiary alicyclic amines) is 1. The molecule has 0 saturated carbocycles. The van der Waals surface area contributed by atoms with Gasteiger partial charge in [-0.25, -0.2) is 0 Å². The number of nitrogens with zero attached hydrogens (tertiary/aromatic N) is 1. The molecular formula is C18H27NOS. The molecule has 0 bridgehead atoms. The standard InChI is InChI=1S/C18H27NOS/c1-3-18(4-2)9-11-19(12-10-18)15-17-16(8-14-21-17)7-5-6-13-20/h8,14,20H,3-4,6,9-13,15H2,1-2H3. The van der Waals surface area contributed by atoms with Gasteiger partial charge in [0.25, 0.3) is 0 Å². The molecule has 1 aliphatic rings. The van der Waals surface area contributed by atoms with Gasteiger partial charge in [-0.3, -0.25) is 4.90 Å². The third kappa shape index (κ3) is 4.32. The van der Waals surface area contributed by atoms with Gasteiger partial charge in [0.05, 0.1) is 6.61 Å². The molecule has 0 aromatic carbocycles. The van der Waals surface area contributed by atoms with Gasteiger partial charge < -0.3 is 5.11 Å². The van der Waals surface area contributed by atoms with Gasteiger partial charge in [0, 0.05) is 23.4 Å². The first kappa shape index (κ1) is 16.5. The Bertz CT molecular complexity index is 483. The molecule has 2 rings (SSSR count). The van der Waals surface area contributed by atoms with Crippen LogP contribution in [0, 0.1) is 17.3 Å². The van der Waals surface area contributed by atoms with Crippen LogP contribution in [0.5, 0.6) is 0 Å². The van der Waals surface area contributed by atoms with Crippen LogP contribution in [0.15, 0.2) is 11.4 Å². The Kier molecular flexibility index (Phi) is 6.29. The van der Waals surface area contributed by atoms with Gasteiger partial charge in [0.15, 0.2) is 0 Å². The van der Waals surface area contributed by atoms with Crippen molar-refractivity contribution in [3.8, 4) is 11.8 Å². The van der Waals surface area contributed by atoms with Crippen LogP contribution in [0.25, 0.3) is 0 Å². The average Bonchev–Trinajstić information content (AvgIpc) is 2.96. The molecule has 2 nitrogen and oxygen atoms in total. The first-order valence-electron chi connectivity index (χ1n) is 8.11. The van der Waals surface area contributed by atoms with E-state index in [2.05, 4.69) is 42.0 Å². The molecule has 0 spiro atoms. The molecular weight excluding hydrogens is 278 g/mol. The van der Waals surface area contributed by atoms with Gasteiger partial charge in [-0.2, -0.15) is 0 Å². The molecule has 0 atom stereocenters. The number of rotatable bonds is 5. The molecule has 0 amide bonds. The maximum atomic E-state index is 8.81. The van der Waals surface area contributed by atoms with Crippen LogP contribution >= 0.6 is 11.3 Å². The molecule has 1 aromatic heterocycles. The second-order valence-corrected chi connectivity index (χ2v) is 7.02. The fraction of sp³-hybridized carbons (Fsp3) is 0.667. The summed E-state index contributed by atoms with van der Waals surface area (Å²) in [6, 6.07) is 2.11. The van der Waals surface area contributed by atoms with Crippen molar-refractivity contribution in [2.45, 2.75) is 52.5 Å². The maximum Gasteiger partial charge on any atom is 0.0540 e. The Morgan fingerprint density at radius 1 is 1.29 bits per heavy atom. The lowest BCUT2D eigenvalue weighted by Gasteiger charge is -2.41. The predicted octanol–water partition coefficient (Wildman–Crippen LogP) is 3.88. The Labute approximate surface area is 133 Å². The van der Waals surface area contributed by atoms with Gasteiger partial charge in [-0.05, 0) is 42.8 Å². The molecule has 0 aliphatic carbocycles. The number of aliphatic hydroxyl groups excluding tert-OH is 1. The lowest BCUT2D eigenvalue weighted by molar-refractivity contribution is 0.0915. The number of aliphatic hydroxyl groups is 1. The molecule has 2 heterocycles. The molecule has 0 unspecified atom stereocenters. The summed E-state index contributed by atoms with van der Waals surface area (Å²) in [7, 11) is 0. The molecule has 1 aliphatic heterocycles. The number of piperidine rings is 1. The molecule has 0 radical (unpaired) electrons. The zero-order chi connectivity index (χ0) is 15.1. The fourth-order valence-electron chi connectivity index (χ4n) is 3.13. The number of thiophene rings is 1. The minimum absolute atomic E-state index is 0.148.